The van der Waals surface area contributed by atoms with E-state index in [1.807, 2.05) is 65.2 Å². The number of para-hydroxylation sites is 2. The summed E-state index contributed by atoms with van der Waals surface area (Å²) in [6.45, 7) is 0. The van der Waals surface area contributed by atoms with Gasteiger partial charge in [0.25, 0.3) is 0 Å². The van der Waals surface area contributed by atoms with Crippen molar-refractivity contribution in [1.82, 2.24) is 25.1 Å². The van der Waals surface area contributed by atoms with E-state index in [0.717, 1.165) is 16.8 Å². The van der Waals surface area contributed by atoms with Crippen LogP contribution in [0.15, 0.2) is 84.3 Å². The number of anilines is 1. The van der Waals surface area contributed by atoms with Crippen LogP contribution < -0.4 is 10.6 Å². The summed E-state index contributed by atoms with van der Waals surface area (Å²) in [4.78, 5) is 28.7. The summed E-state index contributed by atoms with van der Waals surface area (Å²) in [5.74, 6) is 0.458. The Labute approximate surface area is 195 Å². The zero-order valence-electron chi connectivity index (χ0n) is 17.9. The number of aromatic nitrogens is 4. The predicted molar refractivity (Wildman–Crippen MR) is 128 cm³/mol. The third-order valence-corrected chi connectivity index (χ3v) is 5.75. The fourth-order valence-electron chi connectivity index (χ4n) is 3.23. The number of pyridine rings is 1. The molecule has 2 aromatic heterocycles. The predicted octanol–water partition coefficient (Wildman–Crippen LogP) is 3.35. The van der Waals surface area contributed by atoms with Crippen LogP contribution in [-0.2, 0) is 16.0 Å². The molecular formula is C24H22N6O2S. The quantitative estimate of drug-likeness (QED) is 0.393. The standard InChI is InChI=1S/C24H22N6O2S/c1-25-21(31)14-17-8-5-6-12-20(17)27-22(32)16-33-24-29-28-23(18-9-7-13-26-15-18)30(24)19-10-3-2-4-11-19/h2-13,15H,14,16H2,1H3,(H,25,31)(H,27,32). The number of amides is 2. The Hall–Kier alpha value is -3.98. The number of carbonyl (C=O) groups is 2. The Bertz CT molecular complexity index is 1240. The molecule has 33 heavy (non-hydrogen) atoms. The van der Waals surface area contributed by atoms with Gasteiger partial charge in [0.1, 0.15) is 0 Å². The van der Waals surface area contributed by atoms with Crippen molar-refractivity contribution >= 4 is 29.3 Å². The first kappa shape index (κ1) is 22.2. The molecule has 0 saturated carbocycles. The summed E-state index contributed by atoms with van der Waals surface area (Å²) < 4.78 is 1.91. The first-order valence-corrected chi connectivity index (χ1v) is 11.3. The van der Waals surface area contributed by atoms with E-state index in [4.69, 9.17) is 0 Å². The van der Waals surface area contributed by atoms with Gasteiger partial charge < -0.3 is 10.6 Å². The molecule has 0 aliphatic rings. The van der Waals surface area contributed by atoms with E-state index in [2.05, 4.69) is 25.8 Å². The molecule has 0 aliphatic heterocycles. The molecule has 4 rings (SSSR count). The molecule has 8 nitrogen and oxygen atoms in total. The largest absolute Gasteiger partial charge is 0.359 e. The molecule has 0 saturated heterocycles. The summed E-state index contributed by atoms with van der Waals surface area (Å²) in [6.07, 6.45) is 3.62. The van der Waals surface area contributed by atoms with Gasteiger partial charge in [-0.25, -0.2) is 0 Å². The van der Waals surface area contributed by atoms with Gasteiger partial charge in [0, 0.05) is 36.4 Å². The number of nitrogens with zero attached hydrogens (tertiary/aromatic N) is 4. The number of rotatable bonds is 8. The first-order chi connectivity index (χ1) is 16.2. The van der Waals surface area contributed by atoms with Crippen LogP contribution in [0.2, 0.25) is 0 Å². The van der Waals surface area contributed by atoms with Crippen molar-refractivity contribution in [2.75, 3.05) is 18.1 Å². The van der Waals surface area contributed by atoms with Crippen LogP contribution in [0.3, 0.4) is 0 Å². The lowest BCUT2D eigenvalue weighted by molar-refractivity contribution is -0.120. The van der Waals surface area contributed by atoms with E-state index >= 15 is 0 Å². The number of benzene rings is 2. The lowest BCUT2D eigenvalue weighted by Gasteiger charge is -2.12. The number of thioether (sulfide) groups is 1. The van der Waals surface area contributed by atoms with Gasteiger partial charge in [0.05, 0.1) is 12.2 Å². The maximum absolute atomic E-state index is 12.7. The van der Waals surface area contributed by atoms with Gasteiger partial charge in [-0.2, -0.15) is 0 Å². The zero-order chi connectivity index (χ0) is 23.0. The van der Waals surface area contributed by atoms with Crippen molar-refractivity contribution < 1.29 is 9.59 Å². The number of nitrogens with one attached hydrogen (secondary N) is 2. The highest BCUT2D eigenvalue weighted by Crippen LogP contribution is 2.27. The maximum atomic E-state index is 12.7. The molecule has 4 aromatic rings. The van der Waals surface area contributed by atoms with Crippen LogP contribution in [0.1, 0.15) is 5.56 Å². The SMILES string of the molecule is CNC(=O)Cc1ccccc1NC(=O)CSc1nnc(-c2cccnc2)n1-c1ccccc1. The lowest BCUT2D eigenvalue weighted by atomic mass is 10.1. The van der Waals surface area contributed by atoms with Crippen LogP contribution in [0.5, 0.6) is 0 Å². The van der Waals surface area contributed by atoms with Gasteiger partial charge in [-0.3, -0.25) is 19.1 Å². The molecule has 0 aliphatic carbocycles. The van der Waals surface area contributed by atoms with Gasteiger partial charge in [-0.05, 0) is 35.9 Å². The Morgan fingerprint density at radius 2 is 1.73 bits per heavy atom. The van der Waals surface area contributed by atoms with E-state index < -0.39 is 0 Å². The molecule has 0 unspecified atom stereocenters. The van der Waals surface area contributed by atoms with E-state index in [9.17, 15) is 9.59 Å². The molecule has 2 N–H and O–H groups in total. The Kier molecular flexibility index (Phi) is 7.11. The van der Waals surface area contributed by atoms with Crippen molar-refractivity contribution in [2.45, 2.75) is 11.6 Å². The van der Waals surface area contributed by atoms with Crippen LogP contribution in [-0.4, -0.2) is 44.4 Å². The summed E-state index contributed by atoms with van der Waals surface area (Å²) >= 11 is 1.29. The Morgan fingerprint density at radius 3 is 2.48 bits per heavy atom. The summed E-state index contributed by atoms with van der Waals surface area (Å²) in [6, 6.07) is 20.8. The summed E-state index contributed by atoms with van der Waals surface area (Å²) in [5, 5.41) is 14.8. The first-order valence-electron chi connectivity index (χ1n) is 10.3. The molecule has 0 atom stereocenters. The monoisotopic (exact) mass is 458 g/mol. The third-order valence-electron chi connectivity index (χ3n) is 4.82. The van der Waals surface area contributed by atoms with Crippen molar-refractivity contribution in [3.63, 3.8) is 0 Å². The second-order valence-electron chi connectivity index (χ2n) is 7.06. The fraction of sp³-hybridized carbons (Fsp3) is 0.125. The Morgan fingerprint density at radius 1 is 0.939 bits per heavy atom. The highest BCUT2D eigenvalue weighted by molar-refractivity contribution is 7.99. The van der Waals surface area contributed by atoms with Crippen LogP contribution in [0.4, 0.5) is 5.69 Å². The van der Waals surface area contributed by atoms with Crippen LogP contribution >= 0.6 is 11.8 Å². The van der Waals surface area contributed by atoms with E-state index in [1.165, 1.54) is 11.8 Å². The van der Waals surface area contributed by atoms with Crippen molar-refractivity contribution in [1.29, 1.82) is 0 Å². The molecule has 2 amide bonds. The third kappa shape index (κ3) is 5.45. The van der Waals surface area contributed by atoms with Gasteiger partial charge in [0.15, 0.2) is 11.0 Å². The normalized spacial score (nSPS) is 10.6. The number of hydrogen-bond acceptors (Lipinski definition) is 6. The van der Waals surface area contributed by atoms with E-state index in [1.54, 1.807) is 25.5 Å². The maximum Gasteiger partial charge on any atom is 0.234 e. The van der Waals surface area contributed by atoms with Crippen LogP contribution in [0, 0.1) is 0 Å². The van der Waals surface area contributed by atoms with Crippen molar-refractivity contribution in [2.24, 2.45) is 0 Å². The fourth-order valence-corrected chi connectivity index (χ4v) is 3.98. The lowest BCUT2D eigenvalue weighted by Crippen LogP contribution is -2.22. The number of hydrogen-bond donors (Lipinski definition) is 2. The van der Waals surface area contributed by atoms with Gasteiger partial charge in [-0.15, -0.1) is 10.2 Å². The topological polar surface area (TPSA) is 102 Å². The molecule has 0 radical (unpaired) electrons. The molecule has 0 spiro atoms. The minimum atomic E-state index is -0.199. The summed E-state index contributed by atoms with van der Waals surface area (Å²) in [7, 11) is 1.59. The second-order valence-corrected chi connectivity index (χ2v) is 8.01. The average molecular weight is 459 g/mol. The van der Waals surface area contributed by atoms with Gasteiger partial charge in [0.2, 0.25) is 11.8 Å². The smallest absolute Gasteiger partial charge is 0.234 e. The molecule has 0 fully saturated rings. The molecular weight excluding hydrogens is 436 g/mol. The molecule has 166 valence electrons. The van der Waals surface area contributed by atoms with Gasteiger partial charge >= 0.3 is 0 Å². The Balaban J connectivity index is 1.53. The zero-order valence-corrected chi connectivity index (χ0v) is 18.7. The average Bonchev–Trinajstić information content (AvgIpc) is 3.29. The van der Waals surface area contributed by atoms with Gasteiger partial charge in [-0.1, -0.05) is 48.2 Å². The van der Waals surface area contributed by atoms with Crippen molar-refractivity contribution in [3.8, 4) is 17.1 Å². The van der Waals surface area contributed by atoms with Crippen molar-refractivity contribution in [3.05, 3.63) is 84.7 Å². The highest BCUT2D eigenvalue weighted by Gasteiger charge is 2.18. The number of carbonyl (C=O) groups excluding carboxylic acids is 2. The molecule has 9 heteroatoms. The van der Waals surface area contributed by atoms with E-state index in [0.29, 0.717) is 16.7 Å². The second kappa shape index (κ2) is 10.6. The minimum Gasteiger partial charge on any atom is -0.359 e. The molecule has 0 bridgehead atoms. The minimum absolute atomic E-state index is 0.120. The molecule has 2 heterocycles. The number of likely N-dealkylation sites (N-methyl/N-ethyl adjacent to an activating group) is 1. The summed E-state index contributed by atoms with van der Waals surface area (Å²) in [5.41, 5.74) is 3.09. The highest BCUT2D eigenvalue weighted by atomic mass is 32.2. The molecule has 2 aromatic carbocycles. The van der Waals surface area contributed by atoms with Crippen LogP contribution in [0.25, 0.3) is 17.1 Å². The van der Waals surface area contributed by atoms with E-state index in [-0.39, 0.29) is 24.0 Å².